The van der Waals surface area contributed by atoms with Gasteiger partial charge in [-0.05, 0) is 44.8 Å². The molecule has 0 N–H and O–H groups in total. The van der Waals surface area contributed by atoms with Crippen LogP contribution in [-0.2, 0) is 0 Å². The molecule has 0 saturated carbocycles. The molecule has 0 fully saturated rings. The number of hydrogen-bond donors (Lipinski definition) is 0. The summed E-state index contributed by atoms with van der Waals surface area (Å²) in [6.07, 6.45) is 5.49. The van der Waals surface area contributed by atoms with Crippen LogP contribution in [0.15, 0.2) is 52.9 Å². The van der Waals surface area contributed by atoms with Crippen molar-refractivity contribution in [1.82, 2.24) is 14.6 Å². The molecule has 0 aliphatic heterocycles. The van der Waals surface area contributed by atoms with Crippen molar-refractivity contribution in [3.63, 3.8) is 0 Å². The molecular weight excluding hydrogens is 262 g/mol. The minimum Gasteiger partial charge on any atom is -0.248 e. The first-order valence-electron chi connectivity index (χ1n) is 6.60. The third-order valence-corrected chi connectivity index (χ3v) is 3.36. The van der Waals surface area contributed by atoms with E-state index in [0.29, 0.717) is 5.84 Å². The predicted octanol–water partition coefficient (Wildman–Crippen LogP) is 3.29. The monoisotopic (exact) mass is 277 g/mol. The molecule has 5 nitrogen and oxygen atoms in total. The van der Waals surface area contributed by atoms with E-state index in [9.17, 15) is 0 Å². The lowest BCUT2D eigenvalue weighted by Gasteiger charge is -2.04. The first-order valence-corrected chi connectivity index (χ1v) is 6.60. The Morgan fingerprint density at radius 2 is 2.14 bits per heavy atom. The molecule has 0 unspecified atom stereocenters. The lowest BCUT2D eigenvalue weighted by Crippen LogP contribution is -1.95. The number of amidine groups is 1. The molecule has 0 bridgehead atoms. The average Bonchev–Trinajstić information content (AvgIpc) is 2.87. The van der Waals surface area contributed by atoms with Crippen molar-refractivity contribution in [1.29, 1.82) is 0 Å². The molecule has 5 heteroatoms. The summed E-state index contributed by atoms with van der Waals surface area (Å²) in [6, 6.07) is 8.03. The first kappa shape index (κ1) is 13.2. The van der Waals surface area contributed by atoms with Crippen LogP contribution >= 0.6 is 0 Å². The minimum absolute atomic E-state index is 0.626. The molecule has 0 aliphatic carbocycles. The number of aliphatic imine (C=N–C) groups is 1. The van der Waals surface area contributed by atoms with E-state index in [4.69, 9.17) is 0 Å². The SMILES string of the molecule is C=N/C(C)=N\n1ccc(-c2cnc3ncccc3c2)c1C. The predicted molar refractivity (Wildman–Crippen MR) is 85.8 cm³/mol. The van der Waals surface area contributed by atoms with E-state index in [1.807, 2.05) is 44.4 Å². The third-order valence-electron chi connectivity index (χ3n) is 3.36. The summed E-state index contributed by atoms with van der Waals surface area (Å²) in [4.78, 5) is 12.4. The van der Waals surface area contributed by atoms with Gasteiger partial charge < -0.3 is 0 Å². The maximum absolute atomic E-state index is 4.40. The second-order valence-electron chi connectivity index (χ2n) is 4.74. The highest BCUT2D eigenvalue weighted by Crippen LogP contribution is 2.26. The number of nitrogens with zero attached hydrogens (tertiary/aromatic N) is 5. The third kappa shape index (κ3) is 2.45. The first-order chi connectivity index (χ1) is 10.2. The van der Waals surface area contributed by atoms with Gasteiger partial charge in [-0.15, -0.1) is 0 Å². The van der Waals surface area contributed by atoms with Crippen molar-refractivity contribution in [2.75, 3.05) is 0 Å². The molecule has 104 valence electrons. The molecule has 3 heterocycles. The maximum Gasteiger partial charge on any atom is 0.159 e. The summed E-state index contributed by atoms with van der Waals surface area (Å²) in [5.41, 5.74) is 3.92. The highest BCUT2D eigenvalue weighted by molar-refractivity contribution is 5.84. The van der Waals surface area contributed by atoms with Gasteiger partial charge in [-0.25, -0.2) is 19.6 Å². The molecule has 3 aromatic heterocycles. The second kappa shape index (κ2) is 5.28. The molecule has 0 radical (unpaired) electrons. The van der Waals surface area contributed by atoms with Gasteiger partial charge in [0.15, 0.2) is 5.65 Å². The van der Waals surface area contributed by atoms with Gasteiger partial charge in [0.25, 0.3) is 0 Å². The summed E-state index contributed by atoms with van der Waals surface area (Å²) in [6.45, 7) is 7.31. The van der Waals surface area contributed by atoms with E-state index in [-0.39, 0.29) is 0 Å². The van der Waals surface area contributed by atoms with Gasteiger partial charge >= 0.3 is 0 Å². The van der Waals surface area contributed by atoms with Gasteiger partial charge in [0, 0.05) is 40.8 Å². The normalized spacial score (nSPS) is 11.8. The van der Waals surface area contributed by atoms with Crippen LogP contribution in [0.25, 0.3) is 22.2 Å². The Balaban J connectivity index is 2.09. The van der Waals surface area contributed by atoms with Crippen LogP contribution in [0, 0.1) is 6.92 Å². The van der Waals surface area contributed by atoms with Crippen molar-refractivity contribution >= 4 is 23.6 Å². The Hall–Kier alpha value is -2.82. The fourth-order valence-corrected chi connectivity index (χ4v) is 2.21. The molecule has 3 aromatic rings. The highest BCUT2D eigenvalue weighted by atomic mass is 15.4. The van der Waals surface area contributed by atoms with E-state index < -0.39 is 0 Å². The summed E-state index contributed by atoms with van der Waals surface area (Å²) in [5.74, 6) is 0.626. The molecule has 0 atom stereocenters. The quantitative estimate of drug-likeness (QED) is 0.533. The number of rotatable bonds is 2. The Morgan fingerprint density at radius 1 is 1.29 bits per heavy atom. The smallest absolute Gasteiger partial charge is 0.159 e. The number of aromatic nitrogens is 3. The van der Waals surface area contributed by atoms with E-state index >= 15 is 0 Å². The van der Waals surface area contributed by atoms with Crippen LogP contribution in [-0.4, -0.2) is 27.2 Å². The van der Waals surface area contributed by atoms with Crippen molar-refractivity contribution in [2.45, 2.75) is 13.8 Å². The zero-order chi connectivity index (χ0) is 14.8. The number of pyridine rings is 2. The van der Waals surface area contributed by atoms with Gasteiger partial charge in [-0.1, -0.05) is 0 Å². The lowest BCUT2D eigenvalue weighted by molar-refractivity contribution is 0.845. The van der Waals surface area contributed by atoms with E-state index in [0.717, 1.165) is 27.9 Å². The largest absolute Gasteiger partial charge is 0.248 e. The Bertz CT molecular complexity index is 845. The Kier molecular flexibility index (Phi) is 3.31. The zero-order valence-electron chi connectivity index (χ0n) is 12.0. The Morgan fingerprint density at radius 3 is 2.95 bits per heavy atom. The summed E-state index contributed by atoms with van der Waals surface area (Å²) in [5, 5.41) is 5.38. The van der Waals surface area contributed by atoms with Crippen molar-refractivity contribution in [2.24, 2.45) is 10.1 Å². The lowest BCUT2D eigenvalue weighted by atomic mass is 10.1. The van der Waals surface area contributed by atoms with Crippen molar-refractivity contribution in [3.8, 4) is 11.1 Å². The molecule has 0 amide bonds. The Labute approximate surface area is 122 Å². The number of fused-ring (bicyclic) bond motifs is 1. The van der Waals surface area contributed by atoms with E-state index in [1.165, 1.54) is 0 Å². The molecule has 0 aliphatic rings. The maximum atomic E-state index is 4.40. The summed E-state index contributed by atoms with van der Waals surface area (Å²) >= 11 is 0. The molecule has 3 rings (SSSR count). The van der Waals surface area contributed by atoms with Gasteiger partial charge in [-0.2, -0.15) is 5.10 Å². The van der Waals surface area contributed by atoms with Crippen LogP contribution in [0.2, 0.25) is 0 Å². The van der Waals surface area contributed by atoms with Crippen LogP contribution < -0.4 is 0 Å². The van der Waals surface area contributed by atoms with Gasteiger partial charge in [-0.3, -0.25) is 0 Å². The van der Waals surface area contributed by atoms with E-state index in [1.54, 1.807) is 10.9 Å². The van der Waals surface area contributed by atoms with Crippen molar-refractivity contribution in [3.05, 3.63) is 48.5 Å². The highest BCUT2D eigenvalue weighted by Gasteiger charge is 2.08. The topological polar surface area (TPSA) is 55.4 Å². The molecule has 0 aromatic carbocycles. The van der Waals surface area contributed by atoms with Crippen molar-refractivity contribution < 1.29 is 0 Å². The second-order valence-corrected chi connectivity index (χ2v) is 4.74. The van der Waals surface area contributed by atoms with Crippen LogP contribution in [0.4, 0.5) is 0 Å². The molecule has 21 heavy (non-hydrogen) atoms. The van der Waals surface area contributed by atoms with Gasteiger partial charge in [0.1, 0.15) is 5.84 Å². The molecular formula is C16H15N5. The standard InChI is InChI=1S/C16H15N5/c1-11-15(6-8-21(11)20-12(2)17-3)14-9-13-5-4-7-18-16(13)19-10-14/h4-10H,3H2,1-2H3/b20-12-. The zero-order valence-corrected chi connectivity index (χ0v) is 12.0. The van der Waals surface area contributed by atoms with Crippen LogP contribution in [0.3, 0.4) is 0 Å². The summed E-state index contributed by atoms with van der Waals surface area (Å²) in [7, 11) is 0. The number of hydrogen-bond acceptors (Lipinski definition) is 3. The van der Waals surface area contributed by atoms with Crippen LogP contribution in [0.5, 0.6) is 0 Å². The minimum atomic E-state index is 0.626. The molecule has 0 saturated heterocycles. The van der Waals surface area contributed by atoms with Gasteiger partial charge in [0.2, 0.25) is 0 Å². The summed E-state index contributed by atoms with van der Waals surface area (Å²) < 4.78 is 1.80. The molecule has 0 spiro atoms. The van der Waals surface area contributed by atoms with Gasteiger partial charge in [0.05, 0.1) is 0 Å². The van der Waals surface area contributed by atoms with Crippen LogP contribution in [0.1, 0.15) is 12.6 Å². The average molecular weight is 277 g/mol. The van der Waals surface area contributed by atoms with E-state index in [2.05, 4.69) is 32.8 Å². The fraction of sp³-hybridized carbons (Fsp3) is 0.125. The fourth-order valence-electron chi connectivity index (χ4n) is 2.21.